The maximum atomic E-state index is 13.2. The molecule has 1 heterocycles. The van der Waals surface area contributed by atoms with Gasteiger partial charge in [-0.25, -0.2) is 0 Å². The highest BCUT2D eigenvalue weighted by Gasteiger charge is 2.47. The molecule has 4 heteroatoms. The van der Waals surface area contributed by atoms with Crippen molar-refractivity contribution in [1.29, 1.82) is 0 Å². The van der Waals surface area contributed by atoms with Gasteiger partial charge in [0.05, 0.1) is 5.92 Å². The molecule has 2 unspecified atom stereocenters. The molecule has 4 rings (SSSR count). The SMILES string of the molecule is NC(=O)CC[C@@H]1CCC2C(C1=O)c1ccccc1N2Cc1ccccc1. The topological polar surface area (TPSA) is 63.4 Å². The summed E-state index contributed by atoms with van der Waals surface area (Å²) in [6.45, 7) is 0.818. The highest BCUT2D eigenvalue weighted by atomic mass is 16.1. The number of hydrogen-bond donors (Lipinski definition) is 1. The normalized spacial score (nSPS) is 24.2. The van der Waals surface area contributed by atoms with E-state index in [0.29, 0.717) is 12.8 Å². The van der Waals surface area contributed by atoms with E-state index in [9.17, 15) is 9.59 Å². The van der Waals surface area contributed by atoms with Crippen LogP contribution in [-0.4, -0.2) is 17.7 Å². The summed E-state index contributed by atoms with van der Waals surface area (Å²) in [5.74, 6) is -0.169. The Bertz CT molecular complexity index is 818. The van der Waals surface area contributed by atoms with Crippen LogP contribution in [0.2, 0.25) is 0 Å². The number of anilines is 1. The summed E-state index contributed by atoms with van der Waals surface area (Å²) in [6, 6.07) is 18.9. The van der Waals surface area contributed by atoms with E-state index in [1.807, 2.05) is 18.2 Å². The van der Waals surface area contributed by atoms with Gasteiger partial charge in [0, 0.05) is 30.6 Å². The molecule has 1 saturated carbocycles. The average molecular weight is 348 g/mol. The van der Waals surface area contributed by atoms with Crippen LogP contribution in [0.3, 0.4) is 0 Å². The maximum absolute atomic E-state index is 13.2. The summed E-state index contributed by atoms with van der Waals surface area (Å²) in [4.78, 5) is 26.7. The van der Waals surface area contributed by atoms with Gasteiger partial charge in [0.1, 0.15) is 5.78 Å². The molecule has 2 aromatic carbocycles. The number of rotatable bonds is 5. The largest absolute Gasteiger partial charge is 0.370 e. The first-order valence-corrected chi connectivity index (χ1v) is 9.36. The molecular formula is C22H24N2O2. The molecular weight excluding hydrogens is 324 g/mol. The monoisotopic (exact) mass is 348 g/mol. The smallest absolute Gasteiger partial charge is 0.217 e. The van der Waals surface area contributed by atoms with E-state index in [-0.39, 0.29) is 29.6 Å². The van der Waals surface area contributed by atoms with Crippen molar-refractivity contribution in [2.45, 2.75) is 44.2 Å². The molecule has 2 aliphatic rings. The van der Waals surface area contributed by atoms with Crippen molar-refractivity contribution < 1.29 is 9.59 Å². The van der Waals surface area contributed by atoms with Gasteiger partial charge in [-0.05, 0) is 36.5 Å². The van der Waals surface area contributed by atoms with E-state index in [1.165, 1.54) is 11.3 Å². The number of carbonyl (C=O) groups is 2. The number of amides is 1. The van der Waals surface area contributed by atoms with Gasteiger partial charge < -0.3 is 10.6 Å². The number of nitrogens with two attached hydrogens (primary N) is 1. The van der Waals surface area contributed by atoms with Crippen molar-refractivity contribution in [2.24, 2.45) is 11.7 Å². The van der Waals surface area contributed by atoms with Crippen LogP contribution in [-0.2, 0) is 16.1 Å². The molecule has 0 spiro atoms. The lowest BCUT2D eigenvalue weighted by atomic mass is 9.74. The lowest BCUT2D eigenvalue weighted by Gasteiger charge is -2.36. The third-order valence-electron chi connectivity index (χ3n) is 5.82. The number of fused-ring (bicyclic) bond motifs is 3. The Hall–Kier alpha value is -2.62. The van der Waals surface area contributed by atoms with Gasteiger partial charge in [0.2, 0.25) is 5.91 Å². The van der Waals surface area contributed by atoms with Crippen molar-refractivity contribution in [2.75, 3.05) is 4.90 Å². The summed E-state index contributed by atoms with van der Waals surface area (Å²) >= 11 is 0. The van der Waals surface area contributed by atoms with Crippen molar-refractivity contribution in [3.05, 3.63) is 65.7 Å². The second-order valence-electron chi connectivity index (χ2n) is 7.40. The van der Waals surface area contributed by atoms with Gasteiger partial charge in [-0.2, -0.15) is 0 Å². The molecule has 134 valence electrons. The summed E-state index contributed by atoms with van der Waals surface area (Å²) in [5, 5.41) is 0. The summed E-state index contributed by atoms with van der Waals surface area (Å²) in [6.07, 6.45) is 2.69. The van der Waals surface area contributed by atoms with Crippen molar-refractivity contribution in [3.63, 3.8) is 0 Å². The van der Waals surface area contributed by atoms with Crippen LogP contribution in [0, 0.1) is 5.92 Å². The molecule has 0 bridgehead atoms. The van der Waals surface area contributed by atoms with Crippen LogP contribution < -0.4 is 10.6 Å². The minimum absolute atomic E-state index is 0.0477. The fourth-order valence-electron chi connectivity index (χ4n) is 4.60. The van der Waals surface area contributed by atoms with Crippen LogP contribution in [0.4, 0.5) is 5.69 Å². The first kappa shape index (κ1) is 16.8. The standard InChI is InChI=1S/C22H24N2O2/c23-20(25)13-11-16-10-12-19-21(22(16)26)17-8-4-5-9-18(17)24(19)14-15-6-2-1-3-7-15/h1-9,16,19,21H,10-14H2,(H2,23,25)/t16-,19?,21?/m0/s1. The van der Waals surface area contributed by atoms with Crippen LogP contribution in [0.5, 0.6) is 0 Å². The number of nitrogens with zero attached hydrogens (tertiary/aromatic N) is 1. The Kier molecular flexibility index (Phi) is 4.49. The second kappa shape index (κ2) is 6.94. The Labute approximate surface area is 154 Å². The number of para-hydroxylation sites is 1. The molecule has 0 radical (unpaired) electrons. The van der Waals surface area contributed by atoms with Crippen LogP contribution in [0.25, 0.3) is 0 Å². The minimum Gasteiger partial charge on any atom is -0.370 e. The third-order valence-corrected chi connectivity index (χ3v) is 5.82. The molecule has 1 amide bonds. The molecule has 2 aromatic rings. The zero-order chi connectivity index (χ0) is 18.1. The fourth-order valence-corrected chi connectivity index (χ4v) is 4.60. The zero-order valence-electron chi connectivity index (χ0n) is 14.8. The first-order chi connectivity index (χ1) is 12.6. The number of primary amides is 1. The van der Waals surface area contributed by atoms with Gasteiger partial charge in [-0.15, -0.1) is 0 Å². The number of Topliss-reactive ketones (excluding diaryl/α,β-unsaturated/α-hetero) is 1. The molecule has 4 nitrogen and oxygen atoms in total. The fraction of sp³-hybridized carbons (Fsp3) is 0.364. The van der Waals surface area contributed by atoms with Crippen molar-refractivity contribution in [1.82, 2.24) is 0 Å². The molecule has 2 N–H and O–H groups in total. The minimum atomic E-state index is -0.322. The summed E-state index contributed by atoms with van der Waals surface area (Å²) < 4.78 is 0. The molecule has 3 atom stereocenters. The first-order valence-electron chi connectivity index (χ1n) is 9.36. The Morgan fingerprint density at radius 2 is 1.77 bits per heavy atom. The van der Waals surface area contributed by atoms with E-state index in [2.05, 4.69) is 41.3 Å². The van der Waals surface area contributed by atoms with E-state index in [0.717, 1.165) is 24.9 Å². The van der Waals surface area contributed by atoms with Crippen LogP contribution in [0.1, 0.15) is 42.7 Å². The van der Waals surface area contributed by atoms with Crippen molar-refractivity contribution >= 4 is 17.4 Å². The second-order valence-corrected chi connectivity index (χ2v) is 7.40. The number of carbonyl (C=O) groups excluding carboxylic acids is 2. The third kappa shape index (κ3) is 3.00. The predicted octanol–water partition coefficient (Wildman–Crippen LogP) is 3.40. The highest BCUT2D eigenvalue weighted by molar-refractivity contribution is 5.94. The lowest BCUT2D eigenvalue weighted by Crippen LogP contribution is -2.42. The van der Waals surface area contributed by atoms with Gasteiger partial charge in [0.25, 0.3) is 0 Å². The van der Waals surface area contributed by atoms with E-state index in [1.54, 1.807) is 0 Å². The number of ketones is 1. The van der Waals surface area contributed by atoms with Crippen molar-refractivity contribution in [3.8, 4) is 0 Å². The maximum Gasteiger partial charge on any atom is 0.217 e. The molecule has 0 aromatic heterocycles. The molecule has 1 aliphatic heterocycles. The molecule has 1 aliphatic carbocycles. The predicted molar refractivity (Wildman–Crippen MR) is 102 cm³/mol. The number of hydrogen-bond acceptors (Lipinski definition) is 3. The number of benzene rings is 2. The molecule has 0 saturated heterocycles. The molecule has 1 fully saturated rings. The van der Waals surface area contributed by atoms with Gasteiger partial charge >= 0.3 is 0 Å². The molecule has 26 heavy (non-hydrogen) atoms. The van der Waals surface area contributed by atoms with Gasteiger partial charge in [0.15, 0.2) is 0 Å². The summed E-state index contributed by atoms with van der Waals surface area (Å²) in [7, 11) is 0. The highest BCUT2D eigenvalue weighted by Crippen LogP contribution is 2.48. The zero-order valence-corrected chi connectivity index (χ0v) is 14.8. The van der Waals surface area contributed by atoms with Gasteiger partial charge in [-0.1, -0.05) is 48.5 Å². The van der Waals surface area contributed by atoms with Crippen LogP contribution >= 0.6 is 0 Å². The lowest BCUT2D eigenvalue weighted by molar-refractivity contribution is -0.127. The Morgan fingerprint density at radius 3 is 2.54 bits per heavy atom. The van der Waals surface area contributed by atoms with E-state index in [4.69, 9.17) is 5.73 Å². The van der Waals surface area contributed by atoms with Gasteiger partial charge in [-0.3, -0.25) is 9.59 Å². The Balaban J connectivity index is 1.62. The van der Waals surface area contributed by atoms with E-state index < -0.39 is 0 Å². The van der Waals surface area contributed by atoms with Crippen LogP contribution in [0.15, 0.2) is 54.6 Å². The Morgan fingerprint density at radius 1 is 1.04 bits per heavy atom. The average Bonchev–Trinajstić information content (AvgIpc) is 2.97. The van der Waals surface area contributed by atoms with E-state index >= 15 is 0 Å². The summed E-state index contributed by atoms with van der Waals surface area (Å²) in [5.41, 5.74) is 8.86. The quantitative estimate of drug-likeness (QED) is 0.901.